The number of aliphatic hydroxyl groups excluding tert-OH is 1. The number of hydrogen-bond donors (Lipinski definition) is 1. The van der Waals surface area contributed by atoms with E-state index >= 15 is 0 Å². The second kappa shape index (κ2) is 6.49. The first-order valence-electron chi connectivity index (χ1n) is 7.91. The third-order valence-electron chi connectivity index (χ3n) is 3.98. The van der Waals surface area contributed by atoms with Crippen LogP contribution in [0.3, 0.4) is 0 Å². The van der Waals surface area contributed by atoms with E-state index in [1.165, 1.54) is 11.8 Å². The standard InChI is InChI=1S/C21H15NO2S/c23-18-14-8-7-13-17(18)21-22(16-11-5-2-6-12-16)20(24)19(25-21)15-9-3-1-4-10-15/h1-14,24H/b21-17-. The van der Waals surface area contributed by atoms with Crippen LogP contribution in [-0.2, 0) is 4.79 Å². The molecule has 122 valence electrons. The molecule has 4 rings (SSSR count). The maximum absolute atomic E-state index is 12.4. The first-order valence-corrected chi connectivity index (χ1v) is 8.72. The summed E-state index contributed by atoms with van der Waals surface area (Å²) in [5, 5.41) is 11.7. The van der Waals surface area contributed by atoms with E-state index in [2.05, 4.69) is 0 Å². The number of hydrogen-bond acceptors (Lipinski definition) is 4. The smallest absolute Gasteiger partial charge is 0.211 e. The zero-order valence-electron chi connectivity index (χ0n) is 13.3. The van der Waals surface area contributed by atoms with E-state index in [4.69, 9.17) is 0 Å². The van der Waals surface area contributed by atoms with Gasteiger partial charge in [0.25, 0.3) is 0 Å². The van der Waals surface area contributed by atoms with E-state index in [0.29, 0.717) is 10.6 Å². The molecular formula is C21H15NO2S. The molecule has 0 saturated heterocycles. The Labute approximate surface area is 150 Å². The average molecular weight is 345 g/mol. The molecule has 25 heavy (non-hydrogen) atoms. The summed E-state index contributed by atoms with van der Waals surface area (Å²) in [7, 11) is 0. The second-order valence-electron chi connectivity index (χ2n) is 5.59. The summed E-state index contributed by atoms with van der Waals surface area (Å²) in [5.74, 6) is 0.0775. The number of benzene rings is 2. The highest BCUT2D eigenvalue weighted by molar-refractivity contribution is 8.12. The molecule has 0 saturated carbocycles. The van der Waals surface area contributed by atoms with Crippen LogP contribution < -0.4 is 4.90 Å². The fourth-order valence-electron chi connectivity index (χ4n) is 2.80. The minimum Gasteiger partial charge on any atom is -0.493 e. The molecular weight excluding hydrogens is 330 g/mol. The second-order valence-corrected chi connectivity index (χ2v) is 6.59. The van der Waals surface area contributed by atoms with Crippen molar-refractivity contribution in [2.45, 2.75) is 0 Å². The van der Waals surface area contributed by atoms with Crippen molar-refractivity contribution in [1.29, 1.82) is 0 Å². The van der Waals surface area contributed by atoms with Crippen molar-refractivity contribution in [2.24, 2.45) is 0 Å². The molecule has 0 unspecified atom stereocenters. The maximum Gasteiger partial charge on any atom is 0.211 e. The summed E-state index contributed by atoms with van der Waals surface area (Å²) < 4.78 is 0. The molecule has 1 heterocycles. The van der Waals surface area contributed by atoms with Gasteiger partial charge >= 0.3 is 0 Å². The van der Waals surface area contributed by atoms with Gasteiger partial charge in [-0.2, -0.15) is 0 Å². The number of allylic oxidation sites excluding steroid dienone is 5. The van der Waals surface area contributed by atoms with Gasteiger partial charge in [0.1, 0.15) is 0 Å². The molecule has 2 aromatic carbocycles. The fourth-order valence-corrected chi connectivity index (χ4v) is 3.99. The molecule has 2 aliphatic rings. The molecule has 4 heteroatoms. The van der Waals surface area contributed by atoms with Crippen LogP contribution in [0.15, 0.2) is 101 Å². The van der Waals surface area contributed by atoms with E-state index in [1.807, 2.05) is 66.7 Å². The lowest BCUT2D eigenvalue weighted by molar-refractivity contribution is -0.111. The van der Waals surface area contributed by atoms with Crippen molar-refractivity contribution in [1.82, 2.24) is 0 Å². The first-order chi connectivity index (χ1) is 12.3. The predicted molar refractivity (Wildman–Crippen MR) is 103 cm³/mol. The summed E-state index contributed by atoms with van der Waals surface area (Å²) in [5.41, 5.74) is 2.31. The molecule has 0 spiro atoms. The molecule has 0 amide bonds. The molecule has 2 aromatic rings. The van der Waals surface area contributed by atoms with E-state index in [-0.39, 0.29) is 11.7 Å². The summed E-state index contributed by atoms with van der Waals surface area (Å²) >= 11 is 1.41. The Bertz CT molecular complexity index is 940. The molecule has 0 fully saturated rings. The van der Waals surface area contributed by atoms with Crippen molar-refractivity contribution < 1.29 is 9.90 Å². The number of aliphatic hydroxyl groups is 1. The van der Waals surface area contributed by atoms with E-state index < -0.39 is 0 Å². The van der Waals surface area contributed by atoms with E-state index in [1.54, 1.807) is 23.1 Å². The SMILES string of the molecule is O=C1C=CC=C/C1=C1/SC(c2ccccc2)=C(O)N1c1ccccc1. The van der Waals surface area contributed by atoms with Gasteiger partial charge in [-0.05, 0) is 29.8 Å². The van der Waals surface area contributed by atoms with Crippen LogP contribution in [-0.4, -0.2) is 10.9 Å². The Kier molecular flexibility index (Phi) is 4.04. The molecule has 1 aliphatic heterocycles. The topological polar surface area (TPSA) is 40.5 Å². The van der Waals surface area contributed by atoms with Gasteiger partial charge in [-0.3, -0.25) is 9.69 Å². The minimum absolute atomic E-state index is 0.0620. The monoisotopic (exact) mass is 345 g/mol. The fraction of sp³-hybridized carbons (Fsp3) is 0. The van der Waals surface area contributed by atoms with Crippen LogP contribution in [0, 0.1) is 0 Å². The summed E-state index contributed by atoms with van der Waals surface area (Å²) in [6, 6.07) is 19.3. The highest BCUT2D eigenvalue weighted by atomic mass is 32.2. The van der Waals surface area contributed by atoms with Gasteiger partial charge in [0, 0.05) is 5.69 Å². The maximum atomic E-state index is 12.4. The van der Waals surface area contributed by atoms with Gasteiger partial charge < -0.3 is 5.11 Å². The molecule has 3 nitrogen and oxygen atoms in total. The Balaban J connectivity index is 1.89. The van der Waals surface area contributed by atoms with Gasteiger partial charge in [-0.1, -0.05) is 72.4 Å². The Morgan fingerprint density at radius 1 is 0.840 bits per heavy atom. The van der Waals surface area contributed by atoms with Crippen molar-refractivity contribution in [3.05, 3.63) is 107 Å². The van der Waals surface area contributed by atoms with E-state index in [9.17, 15) is 9.90 Å². The number of para-hydroxylation sites is 1. The number of ketones is 1. The highest BCUT2D eigenvalue weighted by Crippen LogP contribution is 2.49. The van der Waals surface area contributed by atoms with Gasteiger partial charge in [0.2, 0.25) is 5.88 Å². The lowest BCUT2D eigenvalue weighted by Gasteiger charge is -2.21. The van der Waals surface area contributed by atoms with Crippen LogP contribution >= 0.6 is 11.8 Å². The van der Waals surface area contributed by atoms with Crippen LogP contribution in [0.2, 0.25) is 0 Å². The van der Waals surface area contributed by atoms with Crippen LogP contribution in [0.25, 0.3) is 4.91 Å². The Morgan fingerprint density at radius 3 is 2.16 bits per heavy atom. The molecule has 0 radical (unpaired) electrons. The molecule has 0 bridgehead atoms. The number of nitrogens with zero attached hydrogens (tertiary/aromatic N) is 1. The van der Waals surface area contributed by atoms with Gasteiger partial charge in [-0.25, -0.2) is 0 Å². The van der Waals surface area contributed by atoms with Gasteiger partial charge in [0.05, 0.1) is 15.5 Å². The zero-order chi connectivity index (χ0) is 17.2. The summed E-state index contributed by atoms with van der Waals surface area (Å²) in [4.78, 5) is 14.9. The van der Waals surface area contributed by atoms with Crippen LogP contribution in [0.5, 0.6) is 0 Å². The number of thioether (sulfide) groups is 1. The third kappa shape index (κ3) is 2.81. The predicted octanol–water partition coefficient (Wildman–Crippen LogP) is 5.03. The third-order valence-corrected chi connectivity index (χ3v) is 5.20. The van der Waals surface area contributed by atoms with Gasteiger partial charge in [0.15, 0.2) is 5.78 Å². The van der Waals surface area contributed by atoms with Gasteiger partial charge in [-0.15, -0.1) is 0 Å². The number of carbonyl (C=O) groups is 1. The minimum atomic E-state index is -0.0620. The molecule has 0 aromatic heterocycles. The quantitative estimate of drug-likeness (QED) is 0.775. The highest BCUT2D eigenvalue weighted by Gasteiger charge is 2.33. The van der Waals surface area contributed by atoms with Crippen molar-refractivity contribution >= 4 is 28.1 Å². The Morgan fingerprint density at radius 2 is 1.48 bits per heavy atom. The number of carbonyl (C=O) groups excluding carboxylic acids is 1. The summed E-state index contributed by atoms with van der Waals surface area (Å²) in [6.45, 7) is 0. The lowest BCUT2D eigenvalue weighted by atomic mass is 10.1. The van der Waals surface area contributed by atoms with Crippen LogP contribution in [0.1, 0.15) is 5.56 Å². The van der Waals surface area contributed by atoms with Crippen molar-refractivity contribution in [3.63, 3.8) is 0 Å². The average Bonchev–Trinajstić information content (AvgIpc) is 3.00. The molecule has 0 atom stereocenters. The first kappa shape index (κ1) is 15.5. The lowest BCUT2D eigenvalue weighted by Crippen LogP contribution is -2.19. The van der Waals surface area contributed by atoms with Crippen molar-refractivity contribution in [2.75, 3.05) is 4.90 Å². The van der Waals surface area contributed by atoms with E-state index in [0.717, 1.165) is 16.2 Å². The van der Waals surface area contributed by atoms with Crippen molar-refractivity contribution in [3.8, 4) is 0 Å². The molecule has 1 N–H and O–H groups in total. The van der Waals surface area contributed by atoms with Crippen LogP contribution in [0.4, 0.5) is 5.69 Å². The zero-order valence-corrected chi connectivity index (χ0v) is 14.1. The summed E-state index contributed by atoms with van der Waals surface area (Å²) in [6.07, 6.45) is 6.90. The Hall–Kier alpha value is -2.98. The largest absolute Gasteiger partial charge is 0.493 e. The number of rotatable bonds is 2. The molecule has 1 aliphatic carbocycles. The number of anilines is 1. The normalized spacial score (nSPS) is 19.8.